The third-order valence-corrected chi connectivity index (χ3v) is 7.01. The Morgan fingerprint density at radius 1 is 1.14 bits per heavy atom. The normalized spacial score (nSPS) is 16.1. The summed E-state index contributed by atoms with van der Waals surface area (Å²) < 4.78 is 29.8. The van der Waals surface area contributed by atoms with Gasteiger partial charge in [0, 0.05) is 7.11 Å². The third-order valence-electron chi connectivity index (χ3n) is 5.09. The van der Waals surface area contributed by atoms with Gasteiger partial charge >= 0.3 is 5.97 Å². The van der Waals surface area contributed by atoms with Crippen molar-refractivity contribution >= 4 is 13.5 Å². The molecule has 0 radical (unpaired) electrons. The highest BCUT2D eigenvalue weighted by Crippen LogP contribution is 2.46. The molecule has 8 heteroatoms. The number of rotatable bonds is 12. The van der Waals surface area contributed by atoms with Crippen LogP contribution in [0.2, 0.25) is 0 Å². The molecule has 2 atom stereocenters. The van der Waals surface area contributed by atoms with Gasteiger partial charge in [-0.3, -0.25) is 13.9 Å². The van der Waals surface area contributed by atoms with Crippen molar-refractivity contribution in [2.45, 2.75) is 65.8 Å². The van der Waals surface area contributed by atoms with Crippen molar-refractivity contribution in [2.75, 3.05) is 20.3 Å². The first-order chi connectivity index (χ1) is 13.4. The second-order valence-corrected chi connectivity index (χ2v) is 10.4. The van der Waals surface area contributed by atoms with Gasteiger partial charge in [0.1, 0.15) is 17.6 Å². The van der Waals surface area contributed by atoms with Crippen molar-refractivity contribution in [2.24, 2.45) is 5.92 Å². The minimum absolute atomic E-state index is 0.240. The van der Waals surface area contributed by atoms with Crippen molar-refractivity contribution in [3.63, 3.8) is 0 Å². The number of carbonyl (C=O) groups is 1. The molecule has 0 amide bonds. The maximum atomic E-state index is 13.3. The first kappa shape index (κ1) is 25.6. The fourth-order valence-electron chi connectivity index (χ4n) is 2.87. The number of methoxy groups -OCH3 is 1. The van der Waals surface area contributed by atoms with Crippen molar-refractivity contribution in [3.8, 4) is 5.75 Å². The maximum Gasteiger partial charge on any atom is 0.324 e. The molecular weight excluding hydrogens is 393 g/mol. The van der Waals surface area contributed by atoms with Crippen LogP contribution in [0.15, 0.2) is 18.2 Å². The van der Waals surface area contributed by atoms with Crippen LogP contribution in [0.4, 0.5) is 0 Å². The van der Waals surface area contributed by atoms with E-state index < -0.39 is 19.0 Å². The van der Waals surface area contributed by atoms with E-state index in [1.54, 1.807) is 13.8 Å². The van der Waals surface area contributed by atoms with Gasteiger partial charge in [-0.15, -0.1) is 0 Å². The number of ether oxygens (including phenoxy) is 2. The van der Waals surface area contributed by atoms with Crippen LogP contribution in [0.3, 0.4) is 0 Å². The molecule has 0 fully saturated rings. The zero-order chi connectivity index (χ0) is 22.4. The van der Waals surface area contributed by atoms with E-state index in [4.69, 9.17) is 14.0 Å². The Morgan fingerprint density at radius 2 is 1.66 bits per heavy atom. The molecule has 29 heavy (non-hydrogen) atoms. The van der Waals surface area contributed by atoms with E-state index in [0.29, 0.717) is 5.75 Å². The monoisotopic (exact) mass is 429 g/mol. The van der Waals surface area contributed by atoms with Gasteiger partial charge in [0.2, 0.25) is 0 Å². The molecule has 0 aliphatic carbocycles. The van der Waals surface area contributed by atoms with Crippen LogP contribution in [-0.2, 0) is 18.6 Å². The van der Waals surface area contributed by atoms with Crippen LogP contribution in [0.1, 0.15) is 71.4 Å². The molecule has 1 aromatic carbocycles. The number of carboxylic acid groups (broad SMARTS) is 1. The van der Waals surface area contributed by atoms with Crippen LogP contribution in [0.25, 0.3) is 0 Å². The quantitative estimate of drug-likeness (QED) is 0.349. The smallest absolute Gasteiger partial charge is 0.324 e. The fourth-order valence-corrected chi connectivity index (χ4v) is 4.70. The predicted molar refractivity (Wildman–Crippen MR) is 115 cm³/mol. The average Bonchev–Trinajstić information content (AvgIpc) is 2.61. The second kappa shape index (κ2) is 10.6. The molecule has 1 unspecified atom stereocenters. The topological polar surface area (TPSA) is 94.1 Å². The van der Waals surface area contributed by atoms with Crippen LogP contribution < -0.4 is 9.82 Å². The molecule has 0 saturated heterocycles. The van der Waals surface area contributed by atoms with Crippen molar-refractivity contribution in [1.82, 2.24) is 5.09 Å². The number of carboxylic acids is 1. The summed E-state index contributed by atoms with van der Waals surface area (Å²) in [4.78, 5) is 11.8. The number of para-hydroxylation sites is 1. The van der Waals surface area contributed by atoms with Crippen LogP contribution in [0.5, 0.6) is 5.75 Å². The summed E-state index contributed by atoms with van der Waals surface area (Å²) in [6, 6.07) is 5.99. The molecule has 0 spiro atoms. The van der Waals surface area contributed by atoms with Gasteiger partial charge in [0.25, 0.3) is 7.52 Å². The minimum Gasteiger partial charge on any atom is -0.480 e. The average molecular weight is 429 g/mol. The Morgan fingerprint density at radius 3 is 2.03 bits per heavy atom. The Kier molecular flexibility index (Phi) is 9.35. The standard InChI is InChI=1S/C21H36NO6P/c1-14(2)17-10-9-11-18(15(3)4)19(17)27-12-28-29(25,13-26-8)22-21(7,16(5)6)20(23)24/h9-11,14-16H,12-13H2,1-8H3,(H,22,25)(H,23,24)/t21-,29?/m0/s1. The molecule has 0 aromatic heterocycles. The molecule has 0 aliphatic heterocycles. The maximum absolute atomic E-state index is 13.3. The van der Waals surface area contributed by atoms with Crippen molar-refractivity contribution < 1.29 is 28.5 Å². The van der Waals surface area contributed by atoms with Gasteiger partial charge in [-0.25, -0.2) is 5.09 Å². The van der Waals surface area contributed by atoms with Gasteiger partial charge < -0.3 is 14.6 Å². The summed E-state index contributed by atoms with van der Waals surface area (Å²) in [5.41, 5.74) is 0.631. The Balaban J connectivity index is 3.08. The van der Waals surface area contributed by atoms with E-state index in [0.717, 1.165) is 11.1 Å². The molecule has 0 aliphatic rings. The largest absolute Gasteiger partial charge is 0.480 e. The fraction of sp³-hybridized carbons (Fsp3) is 0.667. The van der Waals surface area contributed by atoms with E-state index in [1.165, 1.54) is 14.0 Å². The van der Waals surface area contributed by atoms with E-state index in [2.05, 4.69) is 32.8 Å². The van der Waals surface area contributed by atoms with Crippen molar-refractivity contribution in [1.29, 1.82) is 0 Å². The third kappa shape index (κ3) is 6.54. The lowest BCUT2D eigenvalue weighted by Crippen LogP contribution is -2.52. The summed E-state index contributed by atoms with van der Waals surface area (Å²) in [5.74, 6) is -0.247. The van der Waals surface area contributed by atoms with Crippen LogP contribution in [0, 0.1) is 5.92 Å². The van der Waals surface area contributed by atoms with Gasteiger partial charge in [-0.2, -0.15) is 0 Å². The number of nitrogens with one attached hydrogen (secondary N) is 1. The molecular formula is C21H36NO6P. The zero-order valence-corrected chi connectivity index (χ0v) is 19.7. The van der Waals surface area contributed by atoms with E-state index in [1.807, 2.05) is 18.2 Å². The molecule has 1 rings (SSSR count). The molecule has 166 valence electrons. The summed E-state index contributed by atoms with van der Waals surface area (Å²) in [6.45, 7) is 13.0. The van der Waals surface area contributed by atoms with E-state index >= 15 is 0 Å². The highest BCUT2D eigenvalue weighted by Gasteiger charge is 2.43. The lowest BCUT2D eigenvalue weighted by atomic mass is 9.90. The van der Waals surface area contributed by atoms with Crippen LogP contribution >= 0.6 is 7.52 Å². The molecule has 2 N–H and O–H groups in total. The number of hydrogen-bond acceptors (Lipinski definition) is 5. The SMILES string of the molecule is COCP(=O)(N[C@](C)(C(=O)O)C(C)C)OCOc1c(C(C)C)cccc1C(C)C. The second-order valence-electron chi connectivity index (χ2n) is 8.33. The zero-order valence-electron chi connectivity index (χ0n) is 18.8. The summed E-state index contributed by atoms with van der Waals surface area (Å²) in [7, 11) is -2.26. The number of benzene rings is 1. The van der Waals surface area contributed by atoms with Crippen LogP contribution in [-0.4, -0.2) is 36.9 Å². The lowest BCUT2D eigenvalue weighted by molar-refractivity contribution is -0.145. The number of aliphatic carboxylic acids is 1. The van der Waals surface area contributed by atoms with Gasteiger partial charge in [0.05, 0.1) is 0 Å². The van der Waals surface area contributed by atoms with Crippen molar-refractivity contribution in [3.05, 3.63) is 29.3 Å². The van der Waals surface area contributed by atoms with Gasteiger partial charge in [-0.05, 0) is 35.8 Å². The van der Waals surface area contributed by atoms with Gasteiger partial charge in [0.15, 0.2) is 6.79 Å². The van der Waals surface area contributed by atoms with E-state index in [9.17, 15) is 14.5 Å². The summed E-state index contributed by atoms with van der Waals surface area (Å²) in [6.07, 6.45) is -0.269. The number of hydrogen-bond donors (Lipinski definition) is 2. The molecule has 0 saturated carbocycles. The Labute approximate surface area is 174 Å². The highest BCUT2D eigenvalue weighted by atomic mass is 31.2. The summed E-state index contributed by atoms with van der Waals surface area (Å²) in [5, 5.41) is 12.3. The first-order valence-corrected chi connectivity index (χ1v) is 11.7. The van der Waals surface area contributed by atoms with E-state index in [-0.39, 0.29) is 30.9 Å². The first-order valence-electron chi connectivity index (χ1n) is 9.89. The lowest BCUT2D eigenvalue weighted by Gasteiger charge is -2.34. The molecule has 7 nitrogen and oxygen atoms in total. The molecule has 0 bridgehead atoms. The molecule has 0 heterocycles. The van der Waals surface area contributed by atoms with Gasteiger partial charge in [-0.1, -0.05) is 59.7 Å². The Hall–Kier alpha value is -1.40. The Bertz CT molecular complexity index is 708. The summed E-state index contributed by atoms with van der Waals surface area (Å²) >= 11 is 0. The minimum atomic E-state index is -3.64. The molecule has 1 aromatic rings. The highest BCUT2D eigenvalue weighted by molar-refractivity contribution is 7.56. The predicted octanol–water partition coefficient (Wildman–Crippen LogP) is 5.17.